The molecular formula is C29H38F2. The fourth-order valence-corrected chi connectivity index (χ4v) is 6.24. The summed E-state index contributed by atoms with van der Waals surface area (Å²) in [6.45, 7) is 4.26. The third-order valence-electron chi connectivity index (χ3n) is 8.06. The summed E-state index contributed by atoms with van der Waals surface area (Å²) in [5, 5.41) is 0. The standard InChI is InChI=1S/C29H38F2/c1-3-4-5-6-7-21-10-13-24-17-25(15-14-23(24)16-21)26-18-27(30)29(28(31)19-26)22-11-8-20(2)9-12-22/h8-9,11-12,18-19,21,23-25H,3-7,10,13-17H2,1-2H3/t21?,23-,24-,25-/m1/s1. The Hall–Kier alpha value is -1.70. The molecule has 0 radical (unpaired) electrons. The smallest absolute Gasteiger partial charge is 0.134 e. The highest BCUT2D eigenvalue weighted by atomic mass is 19.1. The van der Waals surface area contributed by atoms with Gasteiger partial charge in [0.25, 0.3) is 0 Å². The maximum atomic E-state index is 15.0. The lowest BCUT2D eigenvalue weighted by Gasteiger charge is -2.42. The molecule has 0 heterocycles. The lowest BCUT2D eigenvalue weighted by molar-refractivity contribution is 0.113. The number of hydrogen-bond acceptors (Lipinski definition) is 0. The summed E-state index contributed by atoms with van der Waals surface area (Å²) >= 11 is 0. The molecule has 2 heteroatoms. The highest BCUT2D eigenvalue weighted by Crippen LogP contribution is 2.48. The minimum atomic E-state index is -0.420. The van der Waals surface area contributed by atoms with E-state index < -0.39 is 11.6 Å². The minimum Gasteiger partial charge on any atom is -0.206 e. The molecule has 168 valence electrons. The molecule has 0 bridgehead atoms. The summed E-state index contributed by atoms with van der Waals surface area (Å²) in [6.07, 6.45) is 14.3. The van der Waals surface area contributed by atoms with E-state index in [-0.39, 0.29) is 5.56 Å². The molecule has 2 fully saturated rings. The van der Waals surface area contributed by atoms with Gasteiger partial charge in [-0.3, -0.25) is 0 Å². The molecule has 2 saturated carbocycles. The van der Waals surface area contributed by atoms with Crippen LogP contribution in [0.4, 0.5) is 8.78 Å². The summed E-state index contributed by atoms with van der Waals surface area (Å²) in [6, 6.07) is 10.7. The SMILES string of the molecule is CCCCCCC1CC[C@@H]2C[C@H](c3cc(F)c(-c4ccc(C)cc4)c(F)c3)CC[C@@H]2C1. The number of rotatable bonds is 7. The van der Waals surface area contributed by atoms with E-state index in [4.69, 9.17) is 0 Å². The van der Waals surface area contributed by atoms with Crippen LogP contribution in [-0.2, 0) is 0 Å². The van der Waals surface area contributed by atoms with Crippen LogP contribution in [0.5, 0.6) is 0 Å². The zero-order valence-corrected chi connectivity index (χ0v) is 19.3. The van der Waals surface area contributed by atoms with E-state index in [1.807, 2.05) is 31.2 Å². The van der Waals surface area contributed by atoms with E-state index in [0.717, 1.165) is 41.7 Å². The normalized spacial score (nSPS) is 25.9. The number of fused-ring (bicyclic) bond motifs is 1. The van der Waals surface area contributed by atoms with E-state index in [0.29, 0.717) is 11.5 Å². The second kappa shape index (κ2) is 10.3. The molecule has 0 aliphatic heterocycles. The monoisotopic (exact) mass is 424 g/mol. The summed E-state index contributed by atoms with van der Waals surface area (Å²) in [4.78, 5) is 0. The van der Waals surface area contributed by atoms with Gasteiger partial charge in [-0.1, -0.05) is 75.3 Å². The first-order valence-corrected chi connectivity index (χ1v) is 12.6. The van der Waals surface area contributed by atoms with Crippen LogP contribution < -0.4 is 0 Å². The van der Waals surface area contributed by atoms with Gasteiger partial charge in [0.2, 0.25) is 0 Å². The van der Waals surface area contributed by atoms with Crippen molar-refractivity contribution < 1.29 is 8.78 Å². The van der Waals surface area contributed by atoms with Crippen LogP contribution in [0.3, 0.4) is 0 Å². The average molecular weight is 425 g/mol. The van der Waals surface area contributed by atoms with Crippen molar-refractivity contribution in [2.45, 2.75) is 90.4 Å². The van der Waals surface area contributed by atoms with E-state index in [2.05, 4.69) is 6.92 Å². The van der Waals surface area contributed by atoms with E-state index in [1.54, 1.807) is 12.1 Å². The van der Waals surface area contributed by atoms with E-state index in [1.165, 1.54) is 57.8 Å². The molecule has 4 rings (SSSR count). The third kappa shape index (κ3) is 5.38. The largest absolute Gasteiger partial charge is 0.206 e. The number of benzene rings is 2. The van der Waals surface area contributed by atoms with Gasteiger partial charge in [0.1, 0.15) is 11.6 Å². The van der Waals surface area contributed by atoms with Crippen molar-refractivity contribution in [2.24, 2.45) is 17.8 Å². The molecule has 2 aromatic rings. The first-order valence-electron chi connectivity index (χ1n) is 12.6. The molecule has 0 spiro atoms. The zero-order valence-electron chi connectivity index (χ0n) is 19.3. The van der Waals surface area contributed by atoms with Crippen molar-refractivity contribution in [3.63, 3.8) is 0 Å². The molecule has 2 aromatic carbocycles. The van der Waals surface area contributed by atoms with Gasteiger partial charge in [0.15, 0.2) is 0 Å². The van der Waals surface area contributed by atoms with Crippen molar-refractivity contribution in [3.05, 3.63) is 59.2 Å². The van der Waals surface area contributed by atoms with Gasteiger partial charge < -0.3 is 0 Å². The Morgan fingerprint density at radius 2 is 1.48 bits per heavy atom. The van der Waals surface area contributed by atoms with Crippen LogP contribution in [0.15, 0.2) is 36.4 Å². The first-order chi connectivity index (χ1) is 15.0. The minimum absolute atomic E-state index is 0.112. The van der Waals surface area contributed by atoms with Crippen LogP contribution in [0.1, 0.15) is 94.6 Å². The molecule has 0 N–H and O–H groups in total. The quantitative estimate of drug-likeness (QED) is 0.389. The maximum Gasteiger partial charge on any atom is 0.134 e. The number of halogens is 2. The Morgan fingerprint density at radius 3 is 2.19 bits per heavy atom. The van der Waals surface area contributed by atoms with Crippen molar-refractivity contribution in [3.8, 4) is 11.1 Å². The highest BCUT2D eigenvalue weighted by Gasteiger charge is 2.36. The van der Waals surface area contributed by atoms with Gasteiger partial charge >= 0.3 is 0 Å². The van der Waals surface area contributed by atoms with Crippen molar-refractivity contribution >= 4 is 0 Å². The van der Waals surface area contributed by atoms with Crippen LogP contribution in [-0.4, -0.2) is 0 Å². The van der Waals surface area contributed by atoms with Crippen molar-refractivity contribution in [1.82, 2.24) is 0 Å². The maximum absolute atomic E-state index is 15.0. The average Bonchev–Trinajstić information content (AvgIpc) is 2.77. The molecule has 0 amide bonds. The molecule has 0 aromatic heterocycles. The van der Waals surface area contributed by atoms with Gasteiger partial charge in [-0.15, -0.1) is 0 Å². The van der Waals surface area contributed by atoms with Crippen molar-refractivity contribution in [2.75, 3.05) is 0 Å². The Balaban J connectivity index is 1.39. The van der Waals surface area contributed by atoms with E-state index >= 15 is 0 Å². The Labute approximate surface area is 187 Å². The highest BCUT2D eigenvalue weighted by molar-refractivity contribution is 5.65. The molecule has 31 heavy (non-hydrogen) atoms. The fraction of sp³-hybridized carbons (Fsp3) is 0.586. The Morgan fingerprint density at radius 1 is 0.806 bits per heavy atom. The topological polar surface area (TPSA) is 0 Å². The number of unbranched alkanes of at least 4 members (excludes halogenated alkanes) is 3. The van der Waals surface area contributed by atoms with Crippen molar-refractivity contribution in [1.29, 1.82) is 0 Å². The third-order valence-corrected chi connectivity index (χ3v) is 8.06. The van der Waals surface area contributed by atoms with Crippen LogP contribution in [0.25, 0.3) is 11.1 Å². The summed E-state index contributed by atoms with van der Waals surface area (Å²) in [7, 11) is 0. The predicted molar refractivity (Wildman–Crippen MR) is 126 cm³/mol. The molecular weight excluding hydrogens is 386 g/mol. The summed E-state index contributed by atoms with van der Waals surface area (Å²) in [5.41, 5.74) is 2.69. The fourth-order valence-electron chi connectivity index (χ4n) is 6.24. The molecule has 0 nitrogen and oxygen atoms in total. The van der Waals surface area contributed by atoms with Gasteiger partial charge in [-0.2, -0.15) is 0 Å². The Kier molecular flexibility index (Phi) is 7.46. The van der Waals surface area contributed by atoms with Gasteiger partial charge in [-0.25, -0.2) is 8.78 Å². The van der Waals surface area contributed by atoms with Gasteiger partial charge in [0.05, 0.1) is 5.56 Å². The molecule has 0 saturated heterocycles. The first kappa shape index (κ1) is 22.5. The van der Waals surface area contributed by atoms with Crippen LogP contribution in [0.2, 0.25) is 0 Å². The second-order valence-electron chi connectivity index (χ2n) is 10.3. The molecule has 4 atom stereocenters. The van der Waals surface area contributed by atoms with Gasteiger partial charge in [-0.05, 0) is 86.0 Å². The number of aryl methyl sites for hydroxylation is 1. The number of hydrogen-bond donors (Lipinski definition) is 0. The summed E-state index contributed by atoms with van der Waals surface area (Å²) < 4.78 is 29.9. The summed E-state index contributed by atoms with van der Waals surface area (Å²) in [5.74, 6) is 1.96. The Bertz CT molecular complexity index is 831. The lowest BCUT2D eigenvalue weighted by atomic mass is 9.63. The van der Waals surface area contributed by atoms with Crippen LogP contribution in [0, 0.1) is 36.3 Å². The van der Waals surface area contributed by atoms with Gasteiger partial charge in [0, 0.05) is 0 Å². The van der Waals surface area contributed by atoms with E-state index in [9.17, 15) is 8.78 Å². The molecule has 2 aliphatic carbocycles. The lowest BCUT2D eigenvalue weighted by Crippen LogP contribution is -2.30. The zero-order chi connectivity index (χ0) is 21.8. The molecule has 1 unspecified atom stereocenters. The van der Waals surface area contributed by atoms with Crippen LogP contribution >= 0.6 is 0 Å². The predicted octanol–water partition coefficient (Wildman–Crippen LogP) is 9.21. The second-order valence-corrected chi connectivity index (χ2v) is 10.3. The molecule has 2 aliphatic rings.